The van der Waals surface area contributed by atoms with Gasteiger partial charge in [-0.15, -0.1) is 10.2 Å². The molecule has 0 aromatic carbocycles. The normalized spacial score (nSPS) is 18.7. The van der Waals surface area contributed by atoms with Crippen LogP contribution in [-0.2, 0) is 9.53 Å². The summed E-state index contributed by atoms with van der Waals surface area (Å²) in [5.41, 5.74) is 7.55. The molecule has 2 aromatic rings. The minimum Gasteiger partial charge on any atom is -0.455 e. The number of thiazole rings is 1. The number of nitrogen functional groups attached to an aromatic ring is 1. The van der Waals surface area contributed by atoms with Crippen molar-refractivity contribution >= 4 is 38.4 Å². The summed E-state index contributed by atoms with van der Waals surface area (Å²) in [5.74, 6) is -2.15. The van der Waals surface area contributed by atoms with Gasteiger partial charge in [0, 0.05) is 6.42 Å². The average molecular weight is 344 g/mol. The molecular weight excluding hydrogens is 333 g/mol. The highest BCUT2D eigenvalue weighted by Gasteiger charge is 2.42. The fraction of sp³-hybridized carbons (Fsp3) is 0.385. The number of alkyl halides is 3. The molecule has 0 bridgehead atoms. The number of anilines is 1. The Morgan fingerprint density at radius 3 is 2.83 bits per heavy atom. The van der Waals surface area contributed by atoms with Crippen LogP contribution in [0, 0.1) is 0 Å². The molecule has 0 aliphatic heterocycles. The van der Waals surface area contributed by atoms with Gasteiger partial charge in [0.15, 0.2) is 10.8 Å². The van der Waals surface area contributed by atoms with Crippen LogP contribution >= 0.6 is 11.3 Å². The van der Waals surface area contributed by atoms with Crippen molar-refractivity contribution in [2.45, 2.75) is 31.5 Å². The second kappa shape index (κ2) is 5.76. The van der Waals surface area contributed by atoms with Gasteiger partial charge in [0.25, 0.3) is 0 Å². The van der Waals surface area contributed by atoms with E-state index in [0.717, 1.165) is 10.3 Å². The smallest absolute Gasteiger partial charge is 0.455 e. The third-order valence-corrected chi connectivity index (χ3v) is 4.19. The van der Waals surface area contributed by atoms with Crippen LogP contribution in [0.5, 0.6) is 0 Å². The third kappa shape index (κ3) is 3.41. The zero-order valence-electron chi connectivity index (χ0n) is 11.6. The Balaban J connectivity index is 1.71. The average Bonchev–Trinajstić information content (AvgIpc) is 2.86. The summed E-state index contributed by atoms with van der Waals surface area (Å²) in [6, 6.07) is 1.80. The molecule has 1 unspecified atom stereocenters. The summed E-state index contributed by atoms with van der Waals surface area (Å²) < 4.78 is 41.8. The van der Waals surface area contributed by atoms with Gasteiger partial charge < -0.3 is 10.5 Å². The lowest BCUT2D eigenvalue weighted by Gasteiger charge is -2.22. The summed E-state index contributed by atoms with van der Waals surface area (Å²) in [7, 11) is 0. The van der Waals surface area contributed by atoms with Crippen molar-refractivity contribution in [3.8, 4) is 0 Å². The molecular formula is C13H11F3N4O2S. The van der Waals surface area contributed by atoms with E-state index >= 15 is 0 Å². The summed E-state index contributed by atoms with van der Waals surface area (Å²) in [5, 5.41) is 8.41. The molecule has 23 heavy (non-hydrogen) atoms. The zero-order valence-corrected chi connectivity index (χ0v) is 12.4. The van der Waals surface area contributed by atoms with Gasteiger partial charge >= 0.3 is 12.1 Å². The van der Waals surface area contributed by atoms with Crippen LogP contribution in [0.3, 0.4) is 0 Å². The van der Waals surface area contributed by atoms with Crippen molar-refractivity contribution in [1.82, 2.24) is 15.2 Å². The Morgan fingerprint density at radius 1 is 1.39 bits per heavy atom. The van der Waals surface area contributed by atoms with E-state index < -0.39 is 18.2 Å². The molecule has 0 saturated carbocycles. The number of nitrogens with two attached hydrogens (primary N) is 1. The van der Waals surface area contributed by atoms with Crippen molar-refractivity contribution in [1.29, 1.82) is 0 Å². The van der Waals surface area contributed by atoms with Crippen molar-refractivity contribution in [3.63, 3.8) is 0 Å². The number of allylic oxidation sites excluding steroid dienone is 1. The third-order valence-electron chi connectivity index (χ3n) is 3.37. The van der Waals surface area contributed by atoms with Gasteiger partial charge in [0.1, 0.15) is 6.10 Å². The molecule has 3 rings (SSSR count). The molecule has 2 heterocycles. The molecule has 0 radical (unpaired) electrons. The molecule has 1 atom stereocenters. The van der Waals surface area contributed by atoms with Crippen LogP contribution in [0.1, 0.15) is 25.0 Å². The lowest BCUT2D eigenvalue weighted by Crippen LogP contribution is -2.30. The molecule has 2 aromatic heterocycles. The fourth-order valence-corrected chi connectivity index (χ4v) is 2.99. The summed E-state index contributed by atoms with van der Waals surface area (Å²) >= 11 is 1.28. The Hall–Kier alpha value is -2.23. The van der Waals surface area contributed by atoms with Gasteiger partial charge in [0.05, 0.1) is 10.4 Å². The monoisotopic (exact) mass is 344 g/mol. The number of hydrogen-bond acceptors (Lipinski definition) is 7. The number of rotatable bonds is 2. The van der Waals surface area contributed by atoms with Crippen LogP contribution in [0.25, 0.3) is 15.9 Å². The van der Waals surface area contributed by atoms with Crippen molar-refractivity contribution < 1.29 is 22.7 Å². The van der Waals surface area contributed by atoms with Gasteiger partial charge in [-0.25, -0.2) is 4.79 Å². The number of nitrogens with zero attached hydrogens (tertiary/aromatic N) is 3. The van der Waals surface area contributed by atoms with E-state index in [1.807, 2.05) is 0 Å². The number of aromatic nitrogens is 3. The Kier molecular flexibility index (Phi) is 3.92. The van der Waals surface area contributed by atoms with Crippen molar-refractivity contribution in [3.05, 3.63) is 17.8 Å². The fourth-order valence-electron chi connectivity index (χ4n) is 2.29. The second-order valence-electron chi connectivity index (χ2n) is 5.00. The summed E-state index contributed by atoms with van der Waals surface area (Å²) in [4.78, 5) is 14.8. The molecule has 10 heteroatoms. The number of carbonyl (C=O) groups excluding carboxylic acids is 1. The lowest BCUT2D eigenvalue weighted by molar-refractivity contribution is -0.205. The molecule has 1 aliphatic rings. The van der Waals surface area contributed by atoms with E-state index in [0.29, 0.717) is 29.3 Å². The number of fused-ring (bicyclic) bond motifs is 1. The minimum atomic E-state index is -4.97. The maximum atomic E-state index is 12.2. The molecule has 0 fully saturated rings. The number of carbonyl (C=O) groups is 1. The Labute approximate surface area is 132 Å². The first-order valence-electron chi connectivity index (χ1n) is 6.70. The van der Waals surface area contributed by atoms with E-state index in [9.17, 15) is 18.0 Å². The molecule has 2 N–H and O–H groups in total. The van der Waals surface area contributed by atoms with E-state index in [4.69, 9.17) is 5.73 Å². The quantitative estimate of drug-likeness (QED) is 0.842. The van der Waals surface area contributed by atoms with Crippen molar-refractivity contribution in [2.24, 2.45) is 0 Å². The molecule has 1 aliphatic carbocycles. The maximum absolute atomic E-state index is 12.2. The van der Waals surface area contributed by atoms with Crippen molar-refractivity contribution in [2.75, 3.05) is 5.73 Å². The molecule has 122 valence electrons. The Bertz CT molecular complexity index is 787. The van der Waals surface area contributed by atoms with Gasteiger partial charge in [-0.3, -0.25) is 0 Å². The minimum absolute atomic E-state index is 0.210. The van der Waals surface area contributed by atoms with E-state index in [-0.39, 0.29) is 6.42 Å². The summed E-state index contributed by atoms with van der Waals surface area (Å²) in [6.45, 7) is 0. The van der Waals surface area contributed by atoms with Crippen LogP contribution in [0.15, 0.2) is 12.1 Å². The molecule has 0 saturated heterocycles. The van der Waals surface area contributed by atoms with Gasteiger partial charge in [0.2, 0.25) is 0 Å². The first kappa shape index (κ1) is 15.7. The van der Waals surface area contributed by atoms with Crippen LogP contribution in [0.4, 0.5) is 18.3 Å². The largest absolute Gasteiger partial charge is 0.490 e. The van der Waals surface area contributed by atoms with E-state index in [1.165, 1.54) is 11.3 Å². The molecule has 6 nitrogen and oxygen atoms in total. The van der Waals surface area contributed by atoms with Gasteiger partial charge in [-0.05, 0) is 24.5 Å². The molecule has 0 amide bonds. The topological polar surface area (TPSA) is 91.0 Å². The summed E-state index contributed by atoms with van der Waals surface area (Å²) in [6.07, 6.45) is -3.06. The second-order valence-corrected chi connectivity index (χ2v) is 6.06. The highest BCUT2D eigenvalue weighted by atomic mass is 32.1. The molecule has 0 spiro atoms. The highest BCUT2D eigenvalue weighted by molar-refractivity contribution is 7.22. The standard InChI is InChI=1S/C13H11F3N4O2S/c14-13(15,16)11(21)22-7-3-1-6(2-4-7)8-5-9-10(20-19-8)18-12(17)23-9/h1,5,7H,2-4H2,(H2,17,18,20). The van der Waals surface area contributed by atoms with Gasteiger partial charge in [-0.1, -0.05) is 17.4 Å². The van der Waals surface area contributed by atoms with Crippen LogP contribution in [-0.4, -0.2) is 33.4 Å². The number of ether oxygens (including phenoxy) is 1. The first-order valence-corrected chi connectivity index (χ1v) is 7.51. The lowest BCUT2D eigenvalue weighted by atomic mass is 9.95. The predicted octanol–water partition coefficient (Wildman–Crippen LogP) is 2.71. The first-order chi connectivity index (χ1) is 10.8. The Morgan fingerprint density at radius 2 is 2.17 bits per heavy atom. The highest BCUT2D eigenvalue weighted by Crippen LogP contribution is 2.31. The van der Waals surface area contributed by atoms with Crippen LogP contribution in [0.2, 0.25) is 0 Å². The predicted molar refractivity (Wildman–Crippen MR) is 77.4 cm³/mol. The maximum Gasteiger partial charge on any atom is 0.490 e. The van der Waals surface area contributed by atoms with Crippen LogP contribution < -0.4 is 5.73 Å². The number of halogens is 3. The number of hydrogen-bond donors (Lipinski definition) is 1. The SMILES string of the molecule is Nc1nc2nnc(C3=CCC(OC(=O)C(F)(F)F)CC3)cc2s1. The van der Waals surface area contributed by atoms with Gasteiger partial charge in [-0.2, -0.15) is 18.2 Å². The van der Waals surface area contributed by atoms with E-state index in [1.54, 1.807) is 12.1 Å². The zero-order chi connectivity index (χ0) is 16.6. The van der Waals surface area contributed by atoms with E-state index in [2.05, 4.69) is 19.9 Å². The number of esters is 1.